The molecule has 0 aliphatic carbocycles. The maximum absolute atomic E-state index is 6.07. The first-order valence-electron chi connectivity index (χ1n) is 4.53. The van der Waals surface area contributed by atoms with Crippen LogP contribution < -0.4 is 5.73 Å². The summed E-state index contributed by atoms with van der Waals surface area (Å²) in [7, 11) is 0. The number of aryl methyl sites for hydroxylation is 1. The monoisotopic (exact) mass is 210 g/mol. The molecule has 2 rings (SSSR count). The first kappa shape index (κ1) is 9.49. The van der Waals surface area contributed by atoms with E-state index in [9.17, 15) is 0 Å². The quantitative estimate of drug-likeness (QED) is 0.846. The van der Waals surface area contributed by atoms with Crippen LogP contribution in [0.15, 0.2) is 22.9 Å². The van der Waals surface area contributed by atoms with Gasteiger partial charge in [0.15, 0.2) is 12.0 Å². The van der Waals surface area contributed by atoms with Crippen molar-refractivity contribution in [1.29, 1.82) is 0 Å². The highest BCUT2D eigenvalue weighted by Gasteiger charge is 2.05. The highest BCUT2D eigenvalue weighted by atomic mass is 35.5. The van der Waals surface area contributed by atoms with Gasteiger partial charge in [0.25, 0.3) is 0 Å². The molecule has 3 nitrogen and oxygen atoms in total. The second-order valence-electron chi connectivity index (χ2n) is 3.16. The zero-order valence-electron chi connectivity index (χ0n) is 7.66. The summed E-state index contributed by atoms with van der Waals surface area (Å²) in [6.07, 6.45) is 3.24. The Kier molecular flexibility index (Phi) is 2.70. The molecule has 74 valence electrons. The molecule has 0 amide bonds. The molecule has 1 aromatic carbocycles. The smallest absolute Gasteiger partial charge is 0.181 e. The number of nitrogens with zero attached hydrogens (tertiary/aromatic N) is 1. The lowest BCUT2D eigenvalue weighted by atomic mass is 10.1. The topological polar surface area (TPSA) is 52.0 Å². The molecule has 2 N–H and O–H groups in total. The second-order valence-corrected chi connectivity index (χ2v) is 3.56. The van der Waals surface area contributed by atoms with Crippen molar-refractivity contribution in [1.82, 2.24) is 4.98 Å². The molecule has 4 heteroatoms. The molecule has 2 aromatic rings. The molecular formula is C10H11ClN2O. The lowest BCUT2D eigenvalue weighted by molar-refractivity contribution is 0.602. The summed E-state index contributed by atoms with van der Waals surface area (Å²) < 4.78 is 5.14. The minimum Gasteiger partial charge on any atom is -0.443 e. The average Bonchev–Trinajstić information content (AvgIpc) is 2.61. The second kappa shape index (κ2) is 3.98. The lowest BCUT2D eigenvalue weighted by Crippen LogP contribution is -2.00. The van der Waals surface area contributed by atoms with Gasteiger partial charge in [-0.3, -0.25) is 0 Å². The predicted molar refractivity (Wildman–Crippen MR) is 56.4 cm³/mol. The fourth-order valence-electron chi connectivity index (χ4n) is 1.41. The normalized spacial score (nSPS) is 11.0. The fraction of sp³-hybridized carbons (Fsp3) is 0.300. The Morgan fingerprint density at radius 2 is 2.29 bits per heavy atom. The van der Waals surface area contributed by atoms with Crippen LogP contribution in [0.2, 0.25) is 5.02 Å². The van der Waals surface area contributed by atoms with Crippen LogP contribution in [0.4, 0.5) is 0 Å². The standard InChI is InChI=1S/C10H11ClN2O/c11-8-5-10-9(13-6-14-10)4-7(8)2-1-3-12/h4-6H,1-3,12H2. The molecule has 14 heavy (non-hydrogen) atoms. The van der Waals surface area contributed by atoms with Gasteiger partial charge in [0.05, 0.1) is 0 Å². The van der Waals surface area contributed by atoms with Gasteiger partial charge in [-0.05, 0) is 31.0 Å². The molecule has 1 aromatic heterocycles. The minimum atomic E-state index is 0.674. The molecule has 0 aliphatic heterocycles. The zero-order valence-corrected chi connectivity index (χ0v) is 8.42. The zero-order chi connectivity index (χ0) is 9.97. The number of hydrogen-bond donors (Lipinski definition) is 1. The summed E-state index contributed by atoms with van der Waals surface area (Å²) in [5.74, 6) is 0. The van der Waals surface area contributed by atoms with E-state index in [2.05, 4.69) is 4.98 Å². The molecule has 0 fully saturated rings. The third-order valence-corrected chi connectivity index (χ3v) is 2.50. The lowest BCUT2D eigenvalue weighted by Gasteiger charge is -2.02. The van der Waals surface area contributed by atoms with Gasteiger partial charge in [-0.2, -0.15) is 0 Å². The van der Waals surface area contributed by atoms with E-state index in [0.717, 1.165) is 34.5 Å². The van der Waals surface area contributed by atoms with Crippen molar-refractivity contribution in [2.75, 3.05) is 6.54 Å². The van der Waals surface area contributed by atoms with E-state index in [1.165, 1.54) is 6.39 Å². The van der Waals surface area contributed by atoms with Gasteiger partial charge < -0.3 is 10.2 Å². The summed E-state index contributed by atoms with van der Waals surface area (Å²) in [5.41, 5.74) is 8.10. The summed E-state index contributed by atoms with van der Waals surface area (Å²) in [6, 6.07) is 3.76. The molecule has 0 atom stereocenters. The molecule has 0 spiro atoms. The van der Waals surface area contributed by atoms with Crippen LogP contribution in [0, 0.1) is 0 Å². The molecule has 1 heterocycles. The van der Waals surface area contributed by atoms with E-state index < -0.39 is 0 Å². The first-order chi connectivity index (χ1) is 6.81. The Bertz CT molecular complexity index is 439. The van der Waals surface area contributed by atoms with E-state index in [4.69, 9.17) is 21.8 Å². The number of nitrogens with two attached hydrogens (primary N) is 1. The molecule has 0 bridgehead atoms. The number of fused-ring (bicyclic) bond motifs is 1. The van der Waals surface area contributed by atoms with Crippen molar-refractivity contribution in [2.24, 2.45) is 5.73 Å². The molecule has 0 unspecified atom stereocenters. The maximum atomic E-state index is 6.07. The van der Waals surface area contributed by atoms with Gasteiger partial charge in [0.2, 0.25) is 0 Å². The van der Waals surface area contributed by atoms with Crippen molar-refractivity contribution >= 4 is 22.7 Å². The fourth-order valence-corrected chi connectivity index (χ4v) is 1.65. The number of aromatic nitrogens is 1. The summed E-state index contributed by atoms with van der Waals surface area (Å²) in [5, 5.41) is 0.725. The largest absolute Gasteiger partial charge is 0.443 e. The molecule has 0 radical (unpaired) electrons. The van der Waals surface area contributed by atoms with E-state index in [1.54, 1.807) is 6.07 Å². The Morgan fingerprint density at radius 1 is 1.43 bits per heavy atom. The van der Waals surface area contributed by atoms with Gasteiger partial charge in [-0.25, -0.2) is 4.98 Å². The molecular weight excluding hydrogens is 200 g/mol. The van der Waals surface area contributed by atoms with Gasteiger partial charge >= 0.3 is 0 Å². The van der Waals surface area contributed by atoms with Gasteiger partial charge in [-0.1, -0.05) is 11.6 Å². The van der Waals surface area contributed by atoms with Gasteiger partial charge in [0, 0.05) is 11.1 Å². The maximum Gasteiger partial charge on any atom is 0.181 e. The number of benzene rings is 1. The Balaban J connectivity index is 2.38. The van der Waals surface area contributed by atoms with E-state index in [0.29, 0.717) is 6.54 Å². The first-order valence-corrected chi connectivity index (χ1v) is 4.91. The van der Waals surface area contributed by atoms with Crippen LogP contribution in [-0.2, 0) is 6.42 Å². The summed E-state index contributed by atoms with van der Waals surface area (Å²) >= 11 is 6.07. The van der Waals surface area contributed by atoms with E-state index in [1.807, 2.05) is 6.07 Å². The van der Waals surface area contributed by atoms with Crippen molar-refractivity contribution in [3.63, 3.8) is 0 Å². The number of halogens is 1. The van der Waals surface area contributed by atoms with Crippen molar-refractivity contribution in [3.8, 4) is 0 Å². The van der Waals surface area contributed by atoms with Crippen LogP contribution in [0.5, 0.6) is 0 Å². The third kappa shape index (κ3) is 1.74. The minimum absolute atomic E-state index is 0.674. The molecule has 0 saturated carbocycles. The Labute approximate surface area is 86.9 Å². The van der Waals surface area contributed by atoms with Gasteiger partial charge in [0.1, 0.15) is 5.52 Å². The van der Waals surface area contributed by atoms with Crippen molar-refractivity contribution in [2.45, 2.75) is 12.8 Å². The van der Waals surface area contributed by atoms with Gasteiger partial charge in [-0.15, -0.1) is 0 Å². The number of rotatable bonds is 3. The Morgan fingerprint density at radius 3 is 3.07 bits per heavy atom. The van der Waals surface area contributed by atoms with Crippen molar-refractivity contribution in [3.05, 3.63) is 29.1 Å². The van der Waals surface area contributed by atoms with Crippen LogP contribution in [0.3, 0.4) is 0 Å². The SMILES string of the molecule is NCCCc1cc2ncoc2cc1Cl. The summed E-state index contributed by atoms with van der Waals surface area (Å²) in [6.45, 7) is 0.674. The van der Waals surface area contributed by atoms with Crippen molar-refractivity contribution < 1.29 is 4.42 Å². The number of hydrogen-bond acceptors (Lipinski definition) is 3. The number of oxazole rings is 1. The third-order valence-electron chi connectivity index (χ3n) is 2.15. The van der Waals surface area contributed by atoms with E-state index >= 15 is 0 Å². The van der Waals surface area contributed by atoms with Crippen LogP contribution in [-0.4, -0.2) is 11.5 Å². The highest BCUT2D eigenvalue weighted by molar-refractivity contribution is 6.32. The van der Waals surface area contributed by atoms with E-state index in [-0.39, 0.29) is 0 Å². The van der Waals surface area contributed by atoms with Crippen LogP contribution >= 0.6 is 11.6 Å². The molecule has 0 aliphatic rings. The summed E-state index contributed by atoms with van der Waals surface area (Å²) in [4.78, 5) is 4.07. The molecule has 0 saturated heterocycles. The average molecular weight is 211 g/mol. The van der Waals surface area contributed by atoms with Crippen LogP contribution in [0.1, 0.15) is 12.0 Å². The Hall–Kier alpha value is -1.06. The van der Waals surface area contributed by atoms with Crippen LogP contribution in [0.25, 0.3) is 11.1 Å². The highest BCUT2D eigenvalue weighted by Crippen LogP contribution is 2.24. The predicted octanol–water partition coefficient (Wildman–Crippen LogP) is 2.37.